The van der Waals surface area contributed by atoms with Gasteiger partial charge in [-0.15, -0.1) is 0 Å². The molecule has 0 amide bonds. The van der Waals surface area contributed by atoms with Gasteiger partial charge in [-0.1, -0.05) is 6.07 Å². The summed E-state index contributed by atoms with van der Waals surface area (Å²) in [5.74, 6) is -0.322. The van der Waals surface area contributed by atoms with Crippen molar-refractivity contribution in [2.75, 3.05) is 0 Å². The van der Waals surface area contributed by atoms with Gasteiger partial charge in [-0.05, 0) is 36.5 Å². The first-order valence-electron chi connectivity index (χ1n) is 3.65. The van der Waals surface area contributed by atoms with Gasteiger partial charge in [-0.2, -0.15) is 0 Å². The van der Waals surface area contributed by atoms with Crippen LogP contribution in [0.15, 0.2) is 12.1 Å². The largest absolute Gasteiger partial charge is 0.488 e. The average Bonchev–Trinajstić information content (AvgIpc) is 2.00. The van der Waals surface area contributed by atoms with Gasteiger partial charge >= 0.3 is 7.12 Å². The minimum Gasteiger partial charge on any atom is -0.423 e. The van der Waals surface area contributed by atoms with Crippen LogP contribution in [0.3, 0.4) is 0 Å². The maximum Gasteiger partial charge on any atom is 0.488 e. The van der Waals surface area contributed by atoms with Crippen LogP contribution in [0.2, 0.25) is 0 Å². The lowest BCUT2D eigenvalue weighted by molar-refractivity contribution is 0.425. The van der Waals surface area contributed by atoms with Gasteiger partial charge in [-0.3, -0.25) is 0 Å². The third kappa shape index (κ3) is 1.49. The Kier molecular flexibility index (Phi) is 2.50. The van der Waals surface area contributed by atoms with Crippen LogP contribution < -0.4 is 5.46 Å². The predicted molar refractivity (Wildman–Crippen MR) is 45.7 cm³/mol. The van der Waals surface area contributed by atoms with E-state index in [1.165, 1.54) is 12.1 Å². The minimum absolute atomic E-state index is 0.322. The Hall–Kier alpha value is -0.865. The molecular formula is C8H10BFO2. The van der Waals surface area contributed by atoms with E-state index in [0.717, 1.165) is 0 Å². The Morgan fingerprint density at radius 3 is 2.25 bits per heavy atom. The van der Waals surface area contributed by atoms with E-state index in [0.29, 0.717) is 16.6 Å². The van der Waals surface area contributed by atoms with Gasteiger partial charge in [0.2, 0.25) is 0 Å². The van der Waals surface area contributed by atoms with Crippen molar-refractivity contribution in [3.8, 4) is 0 Å². The first-order chi connectivity index (χ1) is 5.54. The van der Waals surface area contributed by atoms with Crippen molar-refractivity contribution in [3.05, 3.63) is 29.1 Å². The maximum atomic E-state index is 12.9. The monoisotopic (exact) mass is 168 g/mol. The summed E-state index contributed by atoms with van der Waals surface area (Å²) in [7, 11) is -1.52. The summed E-state index contributed by atoms with van der Waals surface area (Å²) in [4.78, 5) is 0. The van der Waals surface area contributed by atoms with E-state index in [9.17, 15) is 4.39 Å². The van der Waals surface area contributed by atoms with E-state index in [4.69, 9.17) is 10.0 Å². The van der Waals surface area contributed by atoms with Crippen LogP contribution in [0.1, 0.15) is 11.1 Å². The summed E-state index contributed by atoms with van der Waals surface area (Å²) in [6, 6.07) is 2.61. The molecule has 2 N–H and O–H groups in total. The number of hydrogen-bond donors (Lipinski definition) is 2. The molecule has 0 aliphatic rings. The van der Waals surface area contributed by atoms with Crippen molar-refractivity contribution in [3.63, 3.8) is 0 Å². The van der Waals surface area contributed by atoms with Crippen molar-refractivity contribution in [2.45, 2.75) is 13.8 Å². The second-order valence-electron chi connectivity index (χ2n) is 2.76. The first kappa shape index (κ1) is 9.22. The lowest BCUT2D eigenvalue weighted by Crippen LogP contribution is -2.32. The summed E-state index contributed by atoms with van der Waals surface area (Å²) < 4.78 is 12.9. The third-order valence-electron chi connectivity index (χ3n) is 2.04. The van der Waals surface area contributed by atoms with E-state index in [-0.39, 0.29) is 5.82 Å². The normalized spacial score (nSPS) is 10.1. The van der Waals surface area contributed by atoms with Gasteiger partial charge in [-0.25, -0.2) is 4.39 Å². The minimum atomic E-state index is -1.52. The first-order valence-corrected chi connectivity index (χ1v) is 3.65. The van der Waals surface area contributed by atoms with Crippen molar-refractivity contribution in [2.24, 2.45) is 0 Å². The second kappa shape index (κ2) is 3.25. The molecule has 0 bridgehead atoms. The Balaban J connectivity index is 3.27. The van der Waals surface area contributed by atoms with E-state index in [1.807, 2.05) is 0 Å². The van der Waals surface area contributed by atoms with Crippen LogP contribution in [-0.4, -0.2) is 17.2 Å². The third-order valence-corrected chi connectivity index (χ3v) is 2.04. The number of hydrogen-bond acceptors (Lipinski definition) is 2. The molecule has 0 aliphatic carbocycles. The molecule has 0 radical (unpaired) electrons. The molecule has 64 valence electrons. The fourth-order valence-corrected chi connectivity index (χ4v) is 1.09. The molecule has 12 heavy (non-hydrogen) atoms. The Bertz CT molecular complexity index is 299. The van der Waals surface area contributed by atoms with E-state index >= 15 is 0 Å². The average molecular weight is 168 g/mol. The molecule has 0 fully saturated rings. The van der Waals surface area contributed by atoms with E-state index in [1.54, 1.807) is 13.8 Å². The summed E-state index contributed by atoms with van der Waals surface area (Å²) >= 11 is 0. The molecule has 0 atom stereocenters. The highest BCUT2D eigenvalue weighted by molar-refractivity contribution is 6.59. The Morgan fingerprint density at radius 2 is 1.75 bits per heavy atom. The highest BCUT2D eigenvalue weighted by Gasteiger charge is 2.16. The molecule has 0 saturated heterocycles. The predicted octanol–water partition coefficient (Wildman–Crippen LogP) is 0.122. The molecule has 0 saturated carbocycles. The second-order valence-corrected chi connectivity index (χ2v) is 2.76. The summed E-state index contributed by atoms with van der Waals surface area (Å²) in [6.45, 7) is 3.27. The molecule has 2 nitrogen and oxygen atoms in total. The summed E-state index contributed by atoms with van der Waals surface area (Å²) in [6.07, 6.45) is 0. The van der Waals surface area contributed by atoms with Crippen molar-refractivity contribution < 1.29 is 14.4 Å². The number of benzene rings is 1. The van der Waals surface area contributed by atoms with E-state index < -0.39 is 7.12 Å². The van der Waals surface area contributed by atoms with E-state index in [2.05, 4.69) is 0 Å². The summed E-state index contributed by atoms with van der Waals surface area (Å²) in [5.41, 5.74) is 1.40. The zero-order valence-electron chi connectivity index (χ0n) is 7.00. The van der Waals surface area contributed by atoms with Crippen LogP contribution in [0.25, 0.3) is 0 Å². The van der Waals surface area contributed by atoms with Crippen LogP contribution >= 0.6 is 0 Å². The molecule has 0 aromatic heterocycles. The number of halogens is 1. The lowest BCUT2D eigenvalue weighted by Gasteiger charge is -2.07. The van der Waals surface area contributed by atoms with Gasteiger partial charge in [0.1, 0.15) is 5.82 Å². The molecular weight excluding hydrogens is 158 g/mol. The maximum absolute atomic E-state index is 12.9. The molecule has 0 aliphatic heterocycles. The lowest BCUT2D eigenvalue weighted by atomic mass is 9.76. The van der Waals surface area contributed by atoms with Crippen LogP contribution in [-0.2, 0) is 0 Å². The highest BCUT2D eigenvalue weighted by atomic mass is 19.1. The van der Waals surface area contributed by atoms with Crippen LogP contribution in [0.5, 0.6) is 0 Å². The smallest absolute Gasteiger partial charge is 0.423 e. The zero-order valence-corrected chi connectivity index (χ0v) is 7.00. The van der Waals surface area contributed by atoms with Gasteiger partial charge in [0, 0.05) is 0 Å². The highest BCUT2D eigenvalue weighted by Crippen LogP contribution is 2.08. The standard InChI is InChI=1S/C8H10BFO2/c1-5-6(2)8(10)4-3-7(5)9(11)12/h3-4,11-12H,1-2H3. The SMILES string of the molecule is Cc1c(F)ccc(B(O)O)c1C. The molecule has 4 heteroatoms. The quantitative estimate of drug-likeness (QED) is 0.584. The van der Waals surface area contributed by atoms with Crippen molar-refractivity contribution >= 4 is 12.6 Å². The summed E-state index contributed by atoms with van der Waals surface area (Å²) in [5, 5.41) is 17.7. The molecule has 1 rings (SSSR count). The van der Waals surface area contributed by atoms with Crippen LogP contribution in [0, 0.1) is 19.7 Å². The molecule has 1 aromatic carbocycles. The van der Waals surface area contributed by atoms with Gasteiger partial charge < -0.3 is 10.0 Å². The van der Waals surface area contributed by atoms with Crippen molar-refractivity contribution in [1.29, 1.82) is 0 Å². The fourth-order valence-electron chi connectivity index (χ4n) is 1.09. The van der Waals surface area contributed by atoms with Crippen LogP contribution in [0.4, 0.5) is 4.39 Å². The fraction of sp³-hybridized carbons (Fsp3) is 0.250. The Labute approximate surface area is 70.8 Å². The molecule has 0 unspecified atom stereocenters. The van der Waals surface area contributed by atoms with Gasteiger partial charge in [0.15, 0.2) is 0 Å². The van der Waals surface area contributed by atoms with Crippen molar-refractivity contribution in [1.82, 2.24) is 0 Å². The molecule has 1 aromatic rings. The molecule has 0 heterocycles. The van der Waals surface area contributed by atoms with Gasteiger partial charge in [0.05, 0.1) is 0 Å². The number of rotatable bonds is 1. The zero-order chi connectivity index (χ0) is 9.30. The topological polar surface area (TPSA) is 40.5 Å². The van der Waals surface area contributed by atoms with Gasteiger partial charge in [0.25, 0.3) is 0 Å². The Morgan fingerprint density at radius 1 is 1.17 bits per heavy atom. The molecule has 0 spiro atoms.